The number of amides is 1. The van der Waals surface area contributed by atoms with E-state index in [4.69, 9.17) is 0 Å². The molecule has 1 heterocycles. The number of carbonyl (C=O) groups excluding carboxylic acids is 1. The fourth-order valence-electron chi connectivity index (χ4n) is 2.83. The summed E-state index contributed by atoms with van der Waals surface area (Å²) in [5.74, 6) is 0.909. The first-order valence-corrected chi connectivity index (χ1v) is 6.09. The molecule has 1 N–H and O–H groups in total. The summed E-state index contributed by atoms with van der Waals surface area (Å²) in [5, 5.41) is 3.02. The monoisotopic (exact) mass is 265 g/mol. The lowest BCUT2D eigenvalue weighted by Gasteiger charge is -2.21. The van der Waals surface area contributed by atoms with Crippen molar-refractivity contribution in [3.8, 4) is 0 Å². The molecule has 0 radical (unpaired) electrons. The summed E-state index contributed by atoms with van der Waals surface area (Å²) in [7, 11) is 0. The predicted molar refractivity (Wildman–Crippen MR) is 61.5 cm³/mol. The minimum absolute atomic E-state index is 0.219. The van der Waals surface area contributed by atoms with E-state index in [1.807, 2.05) is 0 Å². The average molecular weight is 266 g/mol. The standard InChI is InChI=1S/C12H12BrNO/c13-8-3-1-7(2-4-8)10-5-9-6-11(10)12(15)14-9/h1-4,9-11H,5-6H2,(H,14,15)/t9-,10+,11?/m1/s1. The lowest BCUT2D eigenvalue weighted by Crippen LogP contribution is -2.34. The van der Waals surface area contributed by atoms with Crippen LogP contribution in [0.4, 0.5) is 0 Å². The molecule has 3 heteroatoms. The molecule has 1 aliphatic carbocycles. The lowest BCUT2D eigenvalue weighted by atomic mass is 9.88. The molecule has 0 aromatic heterocycles. The molecule has 3 atom stereocenters. The van der Waals surface area contributed by atoms with E-state index < -0.39 is 0 Å². The lowest BCUT2D eigenvalue weighted by molar-refractivity contribution is -0.124. The van der Waals surface area contributed by atoms with E-state index in [1.165, 1.54) is 5.56 Å². The molecule has 0 spiro atoms. The van der Waals surface area contributed by atoms with Gasteiger partial charge in [-0.3, -0.25) is 4.79 Å². The third kappa shape index (κ3) is 1.49. The maximum Gasteiger partial charge on any atom is 0.224 e. The second kappa shape index (κ2) is 3.34. The maximum absolute atomic E-state index is 11.6. The minimum Gasteiger partial charge on any atom is -0.353 e. The van der Waals surface area contributed by atoms with Gasteiger partial charge in [-0.05, 0) is 36.5 Å². The molecular weight excluding hydrogens is 254 g/mol. The topological polar surface area (TPSA) is 29.1 Å². The minimum atomic E-state index is 0.219. The van der Waals surface area contributed by atoms with Gasteiger partial charge in [0, 0.05) is 16.4 Å². The summed E-state index contributed by atoms with van der Waals surface area (Å²) in [4.78, 5) is 11.6. The summed E-state index contributed by atoms with van der Waals surface area (Å²) in [6.45, 7) is 0. The molecule has 2 aliphatic rings. The maximum atomic E-state index is 11.6. The smallest absolute Gasteiger partial charge is 0.224 e. The Labute approximate surface area is 97.2 Å². The van der Waals surface area contributed by atoms with E-state index in [2.05, 4.69) is 45.5 Å². The zero-order valence-corrected chi connectivity index (χ0v) is 9.83. The van der Waals surface area contributed by atoms with Crippen molar-refractivity contribution in [2.24, 2.45) is 5.92 Å². The summed E-state index contributed by atoms with van der Waals surface area (Å²) in [5.41, 5.74) is 1.31. The van der Waals surface area contributed by atoms with Gasteiger partial charge in [-0.25, -0.2) is 0 Å². The van der Waals surface area contributed by atoms with Gasteiger partial charge in [0.15, 0.2) is 0 Å². The Morgan fingerprint density at radius 3 is 2.40 bits per heavy atom. The summed E-state index contributed by atoms with van der Waals surface area (Å²) in [6.07, 6.45) is 2.14. The first kappa shape index (κ1) is 9.40. The number of fused-ring (bicyclic) bond motifs is 2. The van der Waals surface area contributed by atoms with Gasteiger partial charge in [-0.15, -0.1) is 0 Å². The van der Waals surface area contributed by atoms with Crippen LogP contribution in [0.5, 0.6) is 0 Å². The summed E-state index contributed by atoms with van der Waals surface area (Å²) < 4.78 is 1.10. The molecule has 2 bridgehead atoms. The average Bonchev–Trinajstić information content (AvgIpc) is 2.77. The Kier molecular flexibility index (Phi) is 2.09. The van der Waals surface area contributed by atoms with Crippen LogP contribution < -0.4 is 5.32 Å². The van der Waals surface area contributed by atoms with Crippen LogP contribution in [0.25, 0.3) is 0 Å². The molecule has 15 heavy (non-hydrogen) atoms. The van der Waals surface area contributed by atoms with Gasteiger partial charge in [0.25, 0.3) is 0 Å². The van der Waals surface area contributed by atoms with E-state index in [0.29, 0.717) is 12.0 Å². The summed E-state index contributed by atoms with van der Waals surface area (Å²) in [6, 6.07) is 8.79. The van der Waals surface area contributed by atoms with Crippen LogP contribution in [0.2, 0.25) is 0 Å². The zero-order valence-electron chi connectivity index (χ0n) is 8.24. The second-order valence-corrected chi connectivity index (χ2v) is 5.36. The molecule has 2 fully saturated rings. The van der Waals surface area contributed by atoms with Crippen molar-refractivity contribution < 1.29 is 4.79 Å². The third-order valence-electron chi connectivity index (χ3n) is 3.54. The number of piperidine rings is 1. The van der Waals surface area contributed by atoms with Crippen molar-refractivity contribution in [2.75, 3.05) is 0 Å². The highest BCUT2D eigenvalue weighted by atomic mass is 79.9. The first-order valence-electron chi connectivity index (χ1n) is 5.30. The van der Waals surface area contributed by atoms with E-state index in [-0.39, 0.29) is 11.8 Å². The van der Waals surface area contributed by atoms with Crippen molar-refractivity contribution in [2.45, 2.75) is 24.8 Å². The van der Waals surface area contributed by atoms with Gasteiger partial charge in [-0.2, -0.15) is 0 Å². The highest BCUT2D eigenvalue weighted by Crippen LogP contribution is 2.43. The van der Waals surface area contributed by atoms with Crippen LogP contribution in [-0.2, 0) is 4.79 Å². The molecule has 1 saturated heterocycles. The van der Waals surface area contributed by atoms with Gasteiger partial charge in [-0.1, -0.05) is 28.1 Å². The largest absolute Gasteiger partial charge is 0.353 e. The van der Waals surface area contributed by atoms with Crippen molar-refractivity contribution in [3.05, 3.63) is 34.3 Å². The van der Waals surface area contributed by atoms with Gasteiger partial charge in [0.05, 0.1) is 0 Å². The number of nitrogens with one attached hydrogen (secondary N) is 1. The van der Waals surface area contributed by atoms with E-state index >= 15 is 0 Å². The number of hydrogen-bond acceptors (Lipinski definition) is 1. The van der Waals surface area contributed by atoms with Crippen LogP contribution in [0.15, 0.2) is 28.7 Å². The number of carbonyl (C=O) groups is 1. The van der Waals surface area contributed by atoms with Gasteiger partial charge in [0.2, 0.25) is 5.91 Å². The normalized spacial score (nSPS) is 33.1. The Hall–Kier alpha value is -0.830. The summed E-state index contributed by atoms with van der Waals surface area (Å²) >= 11 is 3.43. The zero-order chi connectivity index (χ0) is 10.4. The molecule has 2 nitrogen and oxygen atoms in total. The number of halogens is 1. The van der Waals surface area contributed by atoms with Crippen molar-refractivity contribution in [3.63, 3.8) is 0 Å². The van der Waals surface area contributed by atoms with E-state index in [0.717, 1.165) is 17.3 Å². The van der Waals surface area contributed by atoms with Gasteiger partial charge < -0.3 is 5.32 Å². The Morgan fingerprint density at radius 2 is 1.80 bits per heavy atom. The van der Waals surface area contributed by atoms with Gasteiger partial charge in [0.1, 0.15) is 0 Å². The van der Waals surface area contributed by atoms with Crippen molar-refractivity contribution in [1.29, 1.82) is 0 Å². The number of rotatable bonds is 1. The Bertz CT molecular complexity index is 401. The second-order valence-electron chi connectivity index (χ2n) is 4.44. The molecule has 1 aromatic carbocycles. The van der Waals surface area contributed by atoms with E-state index in [1.54, 1.807) is 0 Å². The quantitative estimate of drug-likeness (QED) is 0.831. The van der Waals surface area contributed by atoms with Crippen molar-refractivity contribution >= 4 is 21.8 Å². The fraction of sp³-hybridized carbons (Fsp3) is 0.417. The third-order valence-corrected chi connectivity index (χ3v) is 4.07. The van der Waals surface area contributed by atoms with Gasteiger partial charge >= 0.3 is 0 Å². The first-order chi connectivity index (χ1) is 7.24. The molecule has 1 aliphatic heterocycles. The Morgan fingerprint density at radius 1 is 1.13 bits per heavy atom. The Balaban J connectivity index is 1.90. The number of hydrogen-bond donors (Lipinski definition) is 1. The van der Waals surface area contributed by atoms with E-state index in [9.17, 15) is 4.79 Å². The number of benzene rings is 1. The van der Waals surface area contributed by atoms with Crippen LogP contribution >= 0.6 is 15.9 Å². The predicted octanol–water partition coefficient (Wildman–Crippen LogP) is 2.44. The highest BCUT2D eigenvalue weighted by Gasteiger charge is 2.45. The molecule has 78 valence electrons. The van der Waals surface area contributed by atoms with Crippen molar-refractivity contribution in [1.82, 2.24) is 5.32 Å². The molecular formula is C12H12BrNO. The molecule has 1 saturated carbocycles. The molecule has 1 amide bonds. The molecule has 1 unspecified atom stereocenters. The highest BCUT2D eigenvalue weighted by molar-refractivity contribution is 9.10. The van der Waals surface area contributed by atoms with Crippen LogP contribution in [0, 0.1) is 5.92 Å². The van der Waals surface area contributed by atoms with Crippen LogP contribution in [-0.4, -0.2) is 11.9 Å². The van der Waals surface area contributed by atoms with Crippen LogP contribution in [0.1, 0.15) is 24.3 Å². The molecule has 1 aromatic rings. The SMILES string of the molecule is O=C1N[C@H]2CC1[C@H](c1ccc(Br)cc1)C2. The van der Waals surface area contributed by atoms with Crippen LogP contribution in [0.3, 0.4) is 0 Å². The fourth-order valence-corrected chi connectivity index (χ4v) is 3.10. The molecule has 3 rings (SSSR count).